The number of nitrogens with zero attached hydrogens (tertiary/aromatic N) is 4. The van der Waals surface area contributed by atoms with Crippen molar-refractivity contribution in [2.24, 2.45) is 10.8 Å². The van der Waals surface area contributed by atoms with Crippen LogP contribution in [0, 0.1) is 10.8 Å². The Balaban J connectivity index is 0.000000353. The number of carbonyl (C=O) groups excluding carboxylic acids is 8. The minimum absolute atomic E-state index is 0.0142. The molecule has 14 heteroatoms. The second kappa shape index (κ2) is 19.0. The Morgan fingerprint density at radius 1 is 0.724 bits per heavy atom. The van der Waals surface area contributed by atoms with Gasteiger partial charge in [-0.25, -0.2) is 9.59 Å². The molecule has 324 valence electrons. The summed E-state index contributed by atoms with van der Waals surface area (Å²) < 4.78 is 11.2. The molecule has 5 aliphatic rings. The fraction of sp³-hybridized carbons (Fsp3) is 0.727. The molecule has 0 saturated carbocycles. The lowest BCUT2D eigenvalue weighted by molar-refractivity contribution is -0.193. The smallest absolute Gasteiger partial charge is 0.411 e. The number of carbonyl (C=O) groups is 4. The van der Waals surface area contributed by atoms with Crippen LogP contribution in [-0.2, 0) is 38.2 Å². The second-order valence-corrected chi connectivity index (χ2v) is 19.8. The van der Waals surface area contributed by atoms with Crippen molar-refractivity contribution < 1.29 is 47.8 Å². The molecule has 4 amide bonds. The van der Waals surface area contributed by atoms with Crippen LogP contribution in [0.25, 0.3) is 0 Å². The third-order valence-electron chi connectivity index (χ3n) is 11.3. The van der Waals surface area contributed by atoms with Crippen molar-refractivity contribution in [1.29, 1.82) is 0 Å². The summed E-state index contributed by atoms with van der Waals surface area (Å²) in [6.45, 7) is 33.1. The lowest BCUT2D eigenvalue weighted by Crippen LogP contribution is -2.63. The number of amides is 4. The molecule has 14 nitrogen and oxygen atoms in total. The zero-order valence-electron chi connectivity index (χ0n) is 37.0. The van der Waals surface area contributed by atoms with Crippen molar-refractivity contribution in [2.75, 3.05) is 13.1 Å². The van der Waals surface area contributed by atoms with Gasteiger partial charge in [0.2, 0.25) is 0 Å². The van der Waals surface area contributed by atoms with E-state index >= 15 is 0 Å². The topological polar surface area (TPSA) is 168 Å². The van der Waals surface area contributed by atoms with Gasteiger partial charge in [0.05, 0.1) is 12.1 Å². The van der Waals surface area contributed by atoms with E-state index in [1.807, 2.05) is 58.6 Å². The molecule has 4 saturated heterocycles. The second-order valence-electron chi connectivity index (χ2n) is 19.8. The zero-order chi connectivity index (χ0) is 44.7. The van der Waals surface area contributed by atoms with Gasteiger partial charge in [0, 0.05) is 25.2 Å². The third kappa shape index (κ3) is 11.1. The van der Waals surface area contributed by atoms with Gasteiger partial charge in [-0.15, -0.1) is 13.2 Å². The van der Waals surface area contributed by atoms with Crippen molar-refractivity contribution in [3.8, 4) is 0 Å². The lowest BCUT2D eigenvalue weighted by Gasteiger charge is -2.46. The van der Waals surface area contributed by atoms with E-state index in [2.05, 4.69) is 65.7 Å². The summed E-state index contributed by atoms with van der Waals surface area (Å²) in [6, 6.07) is 0.474. The number of hydrogen-bond donors (Lipinski definition) is 0. The average Bonchev–Trinajstić information content (AvgIpc) is 3.90. The molecule has 58 heavy (non-hydrogen) atoms. The molecule has 4 fully saturated rings. The van der Waals surface area contributed by atoms with Gasteiger partial charge in [-0.3, -0.25) is 19.4 Å². The maximum Gasteiger partial charge on any atom is 0.411 e. The minimum atomic E-state index is -1.04. The number of ether oxygens (including phenoxy) is 2. The normalized spacial score (nSPS) is 27.8. The van der Waals surface area contributed by atoms with E-state index in [0.29, 0.717) is 25.9 Å². The maximum absolute atomic E-state index is 13.9. The van der Waals surface area contributed by atoms with Gasteiger partial charge >= 0.3 is 24.5 Å². The molecule has 6 atom stereocenters. The number of hydrogen-bond acceptors (Lipinski definition) is 10. The SMILES string of the molecule is C=C[C@@H]1CC[C@@H](C(C)(C)C)N1C(=O)[C@]1(C=C)CCCN1C(=O)OC(C)(C)C.CC(C)(C)OC(=O)N1CCC[C@]12C=C[C@@H]1CC[C@@H](C(C)(C)C)N1C2=O.O=C=O.O=C=O. The van der Waals surface area contributed by atoms with Crippen LogP contribution in [0.5, 0.6) is 0 Å². The van der Waals surface area contributed by atoms with E-state index in [1.165, 1.54) is 0 Å². The molecular formula is C44H68N4O10. The van der Waals surface area contributed by atoms with E-state index in [4.69, 9.17) is 28.7 Å². The summed E-state index contributed by atoms with van der Waals surface area (Å²) in [5, 5.41) is 0. The highest BCUT2D eigenvalue weighted by molar-refractivity contribution is 5.95. The van der Waals surface area contributed by atoms with Gasteiger partial charge < -0.3 is 19.3 Å². The fourth-order valence-electron chi connectivity index (χ4n) is 8.91. The molecule has 5 rings (SSSR count). The van der Waals surface area contributed by atoms with E-state index in [9.17, 15) is 19.2 Å². The number of fused-ring (bicyclic) bond motifs is 1. The lowest BCUT2D eigenvalue weighted by atomic mass is 9.83. The fourth-order valence-corrected chi connectivity index (χ4v) is 8.91. The summed E-state index contributed by atoms with van der Waals surface area (Å²) in [7, 11) is 0. The summed E-state index contributed by atoms with van der Waals surface area (Å²) in [5.74, 6) is 0.0315. The molecule has 0 aromatic heterocycles. The Labute approximate surface area is 345 Å². The average molecular weight is 813 g/mol. The molecule has 0 unspecified atom stereocenters. The van der Waals surface area contributed by atoms with Crippen LogP contribution in [0.15, 0.2) is 37.5 Å². The number of likely N-dealkylation sites (tertiary alicyclic amines) is 3. The minimum Gasteiger partial charge on any atom is -0.444 e. The van der Waals surface area contributed by atoms with E-state index in [0.717, 1.165) is 38.5 Å². The standard InChI is InChI=1S/C22H36N2O3.C20H32N2O3.2CO2/c1-9-16-12-13-17(20(3,4)5)24(16)18(25)22(10-2)14-11-15-23(22)19(26)27-21(6,7)8;1-18(2,3)15-9-8-14-10-12-20(16(23)22(14)15)11-7-13-21(20)17(24)25-19(4,5)6;2*2-1-3/h9-10,16-17H,1-2,11-15H2,3-8H3;10,12,14-15H,7-9,11,13H2,1-6H3;;/t16-,17+,22+;14-,15-,20+;;/m10../s1. The van der Waals surface area contributed by atoms with Crippen LogP contribution in [0.3, 0.4) is 0 Å². The highest BCUT2D eigenvalue weighted by atomic mass is 16.6. The van der Waals surface area contributed by atoms with Crippen molar-refractivity contribution in [2.45, 2.75) is 181 Å². The van der Waals surface area contributed by atoms with Crippen LogP contribution >= 0.6 is 0 Å². The first-order chi connectivity index (χ1) is 26.7. The van der Waals surface area contributed by atoms with Gasteiger partial charge in [-0.2, -0.15) is 19.2 Å². The van der Waals surface area contributed by atoms with Crippen LogP contribution in [0.1, 0.15) is 134 Å². The largest absolute Gasteiger partial charge is 0.444 e. The Kier molecular flexibility index (Phi) is 16.3. The van der Waals surface area contributed by atoms with Crippen LogP contribution in [0.2, 0.25) is 0 Å². The van der Waals surface area contributed by atoms with Crippen molar-refractivity contribution >= 4 is 36.3 Å². The summed E-state index contributed by atoms with van der Waals surface area (Å²) in [5.41, 5.74) is -3.09. The van der Waals surface area contributed by atoms with E-state index < -0.39 is 28.4 Å². The summed E-state index contributed by atoms with van der Waals surface area (Å²) >= 11 is 0. The van der Waals surface area contributed by atoms with Crippen molar-refractivity contribution in [1.82, 2.24) is 19.6 Å². The van der Waals surface area contributed by atoms with Crippen molar-refractivity contribution in [3.05, 3.63) is 37.5 Å². The predicted octanol–water partition coefficient (Wildman–Crippen LogP) is 7.10. The van der Waals surface area contributed by atoms with Gasteiger partial charge in [0.25, 0.3) is 11.8 Å². The molecule has 1 spiro atoms. The molecular weight excluding hydrogens is 745 g/mol. The number of rotatable bonds is 3. The third-order valence-corrected chi connectivity index (χ3v) is 11.3. The van der Waals surface area contributed by atoms with Crippen LogP contribution < -0.4 is 0 Å². The Hall–Kier alpha value is -4.54. The first-order valence-corrected chi connectivity index (χ1v) is 20.3. The van der Waals surface area contributed by atoms with Gasteiger partial charge in [-0.1, -0.05) is 65.8 Å². The molecule has 0 aromatic rings. The van der Waals surface area contributed by atoms with E-state index in [1.54, 1.807) is 15.9 Å². The summed E-state index contributed by atoms with van der Waals surface area (Å²) in [4.78, 5) is 92.8. The Morgan fingerprint density at radius 2 is 1.19 bits per heavy atom. The van der Waals surface area contributed by atoms with Gasteiger partial charge in [0.15, 0.2) is 0 Å². The maximum atomic E-state index is 13.9. The monoisotopic (exact) mass is 812 g/mol. The van der Waals surface area contributed by atoms with Crippen molar-refractivity contribution in [3.63, 3.8) is 0 Å². The van der Waals surface area contributed by atoms with Crippen LogP contribution in [-0.4, -0.2) is 115 Å². The van der Waals surface area contributed by atoms with E-state index in [-0.39, 0.29) is 65.2 Å². The Bertz CT molecular complexity index is 1610. The highest BCUT2D eigenvalue weighted by Crippen LogP contribution is 2.45. The first-order valence-electron chi connectivity index (χ1n) is 20.3. The van der Waals surface area contributed by atoms with Gasteiger partial charge in [-0.05, 0) is 104 Å². The quantitative estimate of drug-likeness (QED) is 0.268. The molecule has 5 heterocycles. The molecule has 5 aliphatic heterocycles. The molecule has 0 N–H and O–H groups in total. The Morgan fingerprint density at radius 3 is 1.66 bits per heavy atom. The van der Waals surface area contributed by atoms with Crippen LogP contribution in [0.4, 0.5) is 9.59 Å². The molecule has 0 aromatic carbocycles. The molecule has 0 radical (unpaired) electrons. The molecule has 0 aliphatic carbocycles. The zero-order valence-corrected chi connectivity index (χ0v) is 37.0. The summed E-state index contributed by atoms with van der Waals surface area (Å²) in [6.07, 6.45) is 14.0. The first kappa shape index (κ1) is 49.6. The van der Waals surface area contributed by atoms with Gasteiger partial charge in [0.1, 0.15) is 22.3 Å². The predicted molar refractivity (Wildman–Crippen MR) is 216 cm³/mol. The highest BCUT2D eigenvalue weighted by Gasteiger charge is 2.58. The molecule has 0 bridgehead atoms.